The van der Waals surface area contributed by atoms with Gasteiger partial charge in [0.25, 0.3) is 0 Å². The summed E-state index contributed by atoms with van der Waals surface area (Å²) < 4.78 is 0.951. The summed E-state index contributed by atoms with van der Waals surface area (Å²) in [6.45, 7) is 9.37. The van der Waals surface area contributed by atoms with Crippen LogP contribution in [0.2, 0.25) is 0 Å². The summed E-state index contributed by atoms with van der Waals surface area (Å²) in [7, 11) is 4.31. The van der Waals surface area contributed by atoms with Gasteiger partial charge in [-0.25, -0.2) is 0 Å². The Morgan fingerprint density at radius 3 is 1.62 bits per heavy atom. The van der Waals surface area contributed by atoms with Gasteiger partial charge in [0.05, 0.1) is 27.2 Å². The van der Waals surface area contributed by atoms with Crippen molar-refractivity contribution in [2.45, 2.75) is 0 Å². The summed E-state index contributed by atoms with van der Waals surface area (Å²) in [5, 5.41) is 0. The number of hydrogen-bond acceptors (Lipinski definition) is 1. The molecule has 4 heteroatoms. The van der Waals surface area contributed by atoms with E-state index in [1.54, 1.807) is 0 Å². The van der Waals surface area contributed by atoms with Crippen LogP contribution in [0.5, 0.6) is 0 Å². The van der Waals surface area contributed by atoms with E-state index in [1.165, 1.54) is 0 Å². The van der Waals surface area contributed by atoms with Crippen molar-refractivity contribution in [2.24, 2.45) is 5.73 Å². The molecule has 0 saturated heterocycles. The highest BCUT2D eigenvalue weighted by Crippen LogP contribution is 1.95. The molecule has 0 unspecified atom stereocenters. The number of primary amides is 1. The molecule has 0 aliphatic carbocycles. The predicted octanol–water partition coefficient (Wildman–Crippen LogP) is -2.46. The minimum absolute atomic E-state index is 0. The highest BCUT2D eigenvalue weighted by Gasteiger charge is 2.07. The molecule has 1 amide bonds. The summed E-state index contributed by atoms with van der Waals surface area (Å²) in [6, 6.07) is 0. The Morgan fingerprint density at radius 2 is 1.46 bits per heavy atom. The Balaban J connectivity index is -0.000000220. The van der Waals surface area contributed by atoms with Crippen LogP contribution in [0.4, 0.5) is 0 Å². The van der Waals surface area contributed by atoms with Crippen molar-refractivity contribution in [2.75, 3.05) is 27.2 Å². The van der Waals surface area contributed by atoms with Crippen molar-refractivity contribution in [3.63, 3.8) is 0 Å². The van der Waals surface area contributed by atoms with Gasteiger partial charge in [-0.05, 0) is 12.2 Å². The van der Waals surface area contributed by atoms with Gasteiger partial charge in [-0.15, -0.1) is 0 Å². The molecule has 0 fully saturated rings. The van der Waals surface area contributed by atoms with E-state index < -0.39 is 0 Å². The largest absolute Gasteiger partial charge is 1.00 e. The highest BCUT2D eigenvalue weighted by molar-refractivity contribution is 5.42. The average Bonchev–Trinajstić information content (AvgIpc) is 1.88. The van der Waals surface area contributed by atoms with Crippen molar-refractivity contribution in [1.29, 1.82) is 0 Å². The zero-order valence-corrected chi connectivity index (χ0v) is 9.13. The van der Waals surface area contributed by atoms with E-state index in [0.29, 0.717) is 0 Å². The third-order valence-electron chi connectivity index (χ3n) is 1.25. The van der Waals surface area contributed by atoms with Crippen LogP contribution in [-0.2, 0) is 4.79 Å². The average molecular weight is 207 g/mol. The molecule has 0 spiro atoms. The molecule has 0 bridgehead atoms. The van der Waals surface area contributed by atoms with Gasteiger partial charge in [0, 0.05) is 0 Å². The molecule has 0 saturated carbocycles. The summed E-state index contributed by atoms with van der Waals surface area (Å²) in [6.07, 6.45) is 4.12. The monoisotopic (exact) mass is 206 g/mol. The molecule has 0 aliphatic rings. The fourth-order valence-corrected chi connectivity index (χ4v) is 0.774. The molecule has 0 radical (unpaired) electrons. The fourth-order valence-electron chi connectivity index (χ4n) is 0.774. The lowest BCUT2D eigenvalue weighted by Gasteiger charge is -2.26. The lowest BCUT2D eigenvalue weighted by atomic mass is 10.4. The van der Waals surface area contributed by atoms with Crippen LogP contribution in [0, 0.1) is 0 Å². The second-order valence-electron chi connectivity index (χ2n) is 3.01. The normalized spacial score (nSPS) is 8.46. The summed E-state index contributed by atoms with van der Waals surface area (Å²) in [5.41, 5.74) is 4.17. The molecule has 0 aromatic carbocycles. The molecule has 0 heterocycles. The van der Waals surface area contributed by atoms with Gasteiger partial charge >= 0.3 is 0 Å². The van der Waals surface area contributed by atoms with Crippen LogP contribution in [0.25, 0.3) is 0 Å². The zero-order valence-electron chi connectivity index (χ0n) is 8.37. The maximum Gasteiger partial charge on any atom is 0.204 e. The Bertz CT molecular complexity index is 135. The van der Waals surface area contributed by atoms with Gasteiger partial charge in [-0.3, -0.25) is 4.79 Å². The van der Waals surface area contributed by atoms with Crippen molar-refractivity contribution >= 4 is 6.41 Å². The van der Waals surface area contributed by atoms with Crippen molar-refractivity contribution < 1.29 is 21.7 Å². The number of likely N-dealkylation sites (N-methyl/N-ethyl adjacent to an activating group) is 1. The number of amides is 1. The molecule has 78 valence electrons. The molecular weight excluding hydrogens is 188 g/mol. The molecule has 2 N–H and O–H groups in total. The quantitative estimate of drug-likeness (QED) is 0.310. The third-order valence-corrected chi connectivity index (χ3v) is 1.25. The summed E-state index contributed by atoms with van der Waals surface area (Å²) >= 11 is 0. The lowest BCUT2D eigenvalue weighted by molar-refractivity contribution is -0.878. The highest BCUT2D eigenvalue weighted by atomic mass is 35.5. The van der Waals surface area contributed by atoms with Crippen LogP contribution in [0.15, 0.2) is 25.3 Å². The first-order valence-electron chi connectivity index (χ1n) is 3.73. The second-order valence-corrected chi connectivity index (χ2v) is 3.01. The molecule has 0 rings (SSSR count). The van der Waals surface area contributed by atoms with E-state index in [9.17, 15) is 0 Å². The van der Waals surface area contributed by atoms with E-state index in [-0.39, 0.29) is 18.8 Å². The minimum Gasteiger partial charge on any atom is -1.00 e. The number of nitrogens with two attached hydrogens (primary N) is 1. The topological polar surface area (TPSA) is 43.1 Å². The van der Waals surface area contributed by atoms with Crippen LogP contribution in [-0.4, -0.2) is 38.1 Å². The van der Waals surface area contributed by atoms with Gasteiger partial charge in [-0.2, -0.15) is 0 Å². The van der Waals surface area contributed by atoms with Crippen LogP contribution in [0.1, 0.15) is 0 Å². The van der Waals surface area contributed by atoms with Gasteiger partial charge in [-0.1, -0.05) is 13.2 Å². The van der Waals surface area contributed by atoms with Crippen molar-refractivity contribution in [3.05, 3.63) is 25.3 Å². The van der Waals surface area contributed by atoms with E-state index >= 15 is 0 Å². The molecule has 0 aromatic rings. The Kier molecular flexibility index (Phi) is 15.6. The first-order valence-corrected chi connectivity index (χ1v) is 3.73. The maximum absolute atomic E-state index is 8.58. The van der Waals surface area contributed by atoms with E-state index in [1.807, 2.05) is 12.2 Å². The van der Waals surface area contributed by atoms with E-state index in [4.69, 9.17) is 4.79 Å². The van der Waals surface area contributed by atoms with Gasteiger partial charge < -0.3 is 22.6 Å². The number of quaternary nitrogens is 1. The van der Waals surface area contributed by atoms with Gasteiger partial charge in [0.15, 0.2) is 0 Å². The Labute approximate surface area is 86.9 Å². The van der Waals surface area contributed by atoms with Gasteiger partial charge in [0.2, 0.25) is 6.41 Å². The first-order chi connectivity index (χ1) is 5.54. The smallest absolute Gasteiger partial charge is 0.204 e. The number of carbonyl (C=O) groups is 1. The standard InChI is InChI=1S/C8H16N.CH3NO.ClH/c1-5-7-9(3,4)8-6-2;2-1-3;/h5-6H,1-2,7-8H2,3-4H3;1H,(H2,2,3);1H/q+1;;/p-1. The van der Waals surface area contributed by atoms with Crippen molar-refractivity contribution in [1.82, 2.24) is 0 Å². The minimum atomic E-state index is 0. The van der Waals surface area contributed by atoms with Crippen LogP contribution in [0.3, 0.4) is 0 Å². The molecule has 0 aliphatic heterocycles. The third kappa shape index (κ3) is 18.3. The van der Waals surface area contributed by atoms with E-state index in [0.717, 1.165) is 17.6 Å². The number of hydrogen-bond donors (Lipinski definition) is 1. The Hall–Kier alpha value is -0.800. The van der Waals surface area contributed by atoms with Crippen molar-refractivity contribution in [3.8, 4) is 0 Å². The number of carbonyl (C=O) groups excluding carboxylic acids is 1. The predicted molar refractivity (Wildman–Crippen MR) is 52.5 cm³/mol. The SMILES string of the molecule is C=CC[N+](C)(C)CC=C.NC=O.[Cl-]. The van der Waals surface area contributed by atoms with Crippen LogP contribution >= 0.6 is 0 Å². The molecule has 0 atom stereocenters. The van der Waals surface area contributed by atoms with Crippen LogP contribution < -0.4 is 18.1 Å². The molecule has 3 nitrogen and oxygen atoms in total. The summed E-state index contributed by atoms with van der Waals surface area (Å²) in [5.74, 6) is 0. The zero-order chi connectivity index (χ0) is 10.0. The summed E-state index contributed by atoms with van der Waals surface area (Å²) in [4.78, 5) is 8.58. The number of halogens is 1. The lowest BCUT2D eigenvalue weighted by Crippen LogP contribution is -3.00. The van der Waals surface area contributed by atoms with E-state index in [2.05, 4.69) is 33.0 Å². The second kappa shape index (κ2) is 11.2. The molecular formula is C9H19ClN2O. The molecule has 13 heavy (non-hydrogen) atoms. The Morgan fingerprint density at radius 1 is 1.23 bits per heavy atom. The first kappa shape index (κ1) is 18.1. The maximum atomic E-state index is 8.58. The fraction of sp³-hybridized carbons (Fsp3) is 0.444. The number of rotatable bonds is 4. The van der Waals surface area contributed by atoms with Gasteiger partial charge in [0.1, 0.15) is 0 Å². The number of nitrogens with zero attached hydrogens (tertiary/aromatic N) is 1. The molecule has 0 aromatic heterocycles.